The topological polar surface area (TPSA) is 58.6 Å². The van der Waals surface area contributed by atoms with Crippen LogP contribution in [0.2, 0.25) is 0 Å². The van der Waals surface area contributed by atoms with Crippen LogP contribution in [0.15, 0.2) is 0 Å². The first kappa shape index (κ1) is 12.0. The number of hydrogen-bond acceptors (Lipinski definition) is 3. The van der Waals surface area contributed by atoms with Crippen molar-refractivity contribution in [3.63, 3.8) is 0 Å². The zero-order valence-corrected chi connectivity index (χ0v) is 9.28. The molecule has 15 heavy (non-hydrogen) atoms. The zero-order valence-electron chi connectivity index (χ0n) is 9.28. The lowest BCUT2D eigenvalue weighted by Crippen LogP contribution is -2.57. The predicted molar refractivity (Wildman–Crippen MR) is 55.3 cm³/mol. The lowest BCUT2D eigenvalue weighted by Gasteiger charge is -2.30. The highest BCUT2D eigenvalue weighted by atomic mass is 16.5. The molecule has 2 amide bonds. The second kappa shape index (κ2) is 5.70. The lowest BCUT2D eigenvalue weighted by atomic mass is 10.2. The number of hydrogen-bond donors (Lipinski definition) is 1. The van der Waals surface area contributed by atoms with Gasteiger partial charge in [-0.3, -0.25) is 9.59 Å². The Bertz CT molecular complexity index is 243. The van der Waals surface area contributed by atoms with Gasteiger partial charge >= 0.3 is 0 Å². The van der Waals surface area contributed by atoms with E-state index in [2.05, 4.69) is 5.32 Å². The fraction of sp³-hybridized carbons (Fsp3) is 0.800. The third-order valence-electron chi connectivity index (χ3n) is 2.25. The molecule has 5 nitrogen and oxygen atoms in total. The van der Waals surface area contributed by atoms with Gasteiger partial charge in [-0.15, -0.1) is 0 Å². The van der Waals surface area contributed by atoms with Crippen LogP contribution in [0.1, 0.15) is 20.3 Å². The van der Waals surface area contributed by atoms with Crippen LogP contribution in [0, 0.1) is 0 Å². The average Bonchev–Trinajstić information content (AvgIpc) is 2.19. The van der Waals surface area contributed by atoms with E-state index in [1.54, 1.807) is 11.8 Å². The van der Waals surface area contributed by atoms with Crippen molar-refractivity contribution >= 4 is 11.8 Å². The standard InChI is InChI=1S/C10H18N2O3/c1-3-5-15-6-4-12-7-9(13)11-8(2)10(12)14/h8H,3-7H2,1-2H3,(H,11,13). The van der Waals surface area contributed by atoms with Crippen molar-refractivity contribution in [1.82, 2.24) is 10.2 Å². The average molecular weight is 214 g/mol. The maximum Gasteiger partial charge on any atom is 0.245 e. The molecular weight excluding hydrogens is 196 g/mol. The summed E-state index contributed by atoms with van der Waals surface area (Å²) in [6.07, 6.45) is 0.963. The van der Waals surface area contributed by atoms with Gasteiger partial charge in [0.15, 0.2) is 0 Å². The number of carbonyl (C=O) groups excluding carboxylic acids is 2. The molecule has 0 aromatic rings. The van der Waals surface area contributed by atoms with Crippen LogP contribution in [0.3, 0.4) is 0 Å². The first-order chi connectivity index (χ1) is 7.15. The van der Waals surface area contributed by atoms with Crippen LogP contribution in [0.4, 0.5) is 0 Å². The Morgan fingerprint density at radius 2 is 2.20 bits per heavy atom. The van der Waals surface area contributed by atoms with Crippen molar-refractivity contribution in [3.05, 3.63) is 0 Å². The van der Waals surface area contributed by atoms with Gasteiger partial charge in [0.2, 0.25) is 11.8 Å². The number of nitrogens with one attached hydrogen (secondary N) is 1. The number of carbonyl (C=O) groups is 2. The van der Waals surface area contributed by atoms with Gasteiger partial charge in [0.05, 0.1) is 13.2 Å². The second-order valence-corrected chi connectivity index (χ2v) is 3.66. The van der Waals surface area contributed by atoms with E-state index in [1.165, 1.54) is 0 Å². The number of ether oxygens (including phenoxy) is 1. The van der Waals surface area contributed by atoms with Crippen molar-refractivity contribution in [2.75, 3.05) is 26.3 Å². The summed E-state index contributed by atoms with van der Waals surface area (Å²) in [5.41, 5.74) is 0. The molecule has 1 unspecified atom stereocenters. The molecule has 0 aliphatic carbocycles. The van der Waals surface area contributed by atoms with Gasteiger partial charge in [0.1, 0.15) is 6.04 Å². The normalized spacial score (nSPS) is 21.7. The Balaban J connectivity index is 2.32. The largest absolute Gasteiger partial charge is 0.380 e. The van der Waals surface area contributed by atoms with Crippen LogP contribution in [0.25, 0.3) is 0 Å². The summed E-state index contributed by atoms with van der Waals surface area (Å²) in [6, 6.07) is -0.405. The Kier molecular flexibility index (Phi) is 4.55. The van der Waals surface area contributed by atoms with Gasteiger partial charge in [-0.1, -0.05) is 6.92 Å². The quantitative estimate of drug-likeness (QED) is 0.643. The molecule has 0 bridgehead atoms. The van der Waals surface area contributed by atoms with E-state index >= 15 is 0 Å². The van der Waals surface area contributed by atoms with Crippen LogP contribution in [0.5, 0.6) is 0 Å². The Labute approximate surface area is 89.8 Å². The number of amides is 2. The van der Waals surface area contributed by atoms with Crippen molar-refractivity contribution in [3.8, 4) is 0 Å². The summed E-state index contributed by atoms with van der Waals surface area (Å²) in [5.74, 6) is -0.132. The lowest BCUT2D eigenvalue weighted by molar-refractivity contribution is -0.144. The molecule has 1 aliphatic rings. The van der Waals surface area contributed by atoms with E-state index in [1.807, 2.05) is 6.92 Å². The first-order valence-electron chi connectivity index (χ1n) is 5.31. The molecule has 0 aromatic heterocycles. The van der Waals surface area contributed by atoms with Gasteiger partial charge < -0.3 is 15.0 Å². The van der Waals surface area contributed by atoms with Crippen molar-refractivity contribution < 1.29 is 14.3 Å². The molecule has 1 saturated heterocycles. The third kappa shape index (κ3) is 3.51. The van der Waals surface area contributed by atoms with Gasteiger partial charge in [0.25, 0.3) is 0 Å². The van der Waals surface area contributed by atoms with E-state index in [4.69, 9.17) is 4.74 Å². The Hall–Kier alpha value is -1.10. The molecule has 1 aliphatic heterocycles. The van der Waals surface area contributed by atoms with Gasteiger partial charge in [0, 0.05) is 13.2 Å². The van der Waals surface area contributed by atoms with Gasteiger partial charge in [-0.05, 0) is 13.3 Å². The van der Waals surface area contributed by atoms with Crippen molar-refractivity contribution in [2.24, 2.45) is 0 Å². The molecule has 1 N–H and O–H groups in total. The molecule has 1 heterocycles. The molecule has 0 radical (unpaired) electrons. The maximum absolute atomic E-state index is 11.6. The summed E-state index contributed by atoms with van der Waals surface area (Å²) in [4.78, 5) is 24.3. The van der Waals surface area contributed by atoms with Crippen LogP contribution >= 0.6 is 0 Å². The molecular formula is C10H18N2O3. The second-order valence-electron chi connectivity index (χ2n) is 3.66. The van der Waals surface area contributed by atoms with Crippen molar-refractivity contribution in [2.45, 2.75) is 26.3 Å². The van der Waals surface area contributed by atoms with Crippen LogP contribution in [-0.4, -0.2) is 49.1 Å². The minimum atomic E-state index is -0.405. The first-order valence-corrected chi connectivity index (χ1v) is 5.31. The molecule has 0 saturated carbocycles. The molecule has 0 spiro atoms. The van der Waals surface area contributed by atoms with Crippen molar-refractivity contribution in [1.29, 1.82) is 0 Å². The highest BCUT2D eigenvalue weighted by Crippen LogP contribution is 2.01. The third-order valence-corrected chi connectivity index (χ3v) is 2.25. The summed E-state index contributed by atoms with van der Waals surface area (Å²) in [7, 11) is 0. The Morgan fingerprint density at radius 3 is 2.87 bits per heavy atom. The smallest absolute Gasteiger partial charge is 0.245 e. The molecule has 1 rings (SSSR count). The minimum Gasteiger partial charge on any atom is -0.380 e. The molecule has 1 fully saturated rings. The number of rotatable bonds is 5. The summed E-state index contributed by atoms with van der Waals surface area (Å²) in [6.45, 7) is 5.57. The number of piperazine rings is 1. The monoisotopic (exact) mass is 214 g/mol. The summed E-state index contributed by atoms with van der Waals surface area (Å²) >= 11 is 0. The fourth-order valence-corrected chi connectivity index (χ4v) is 1.48. The zero-order chi connectivity index (χ0) is 11.3. The Morgan fingerprint density at radius 1 is 1.47 bits per heavy atom. The SMILES string of the molecule is CCCOCCN1CC(=O)NC(C)C1=O. The minimum absolute atomic E-state index is 0.0327. The number of nitrogens with zero attached hydrogens (tertiary/aromatic N) is 1. The predicted octanol–water partition coefficient (Wildman–Crippen LogP) is -0.240. The molecule has 86 valence electrons. The van der Waals surface area contributed by atoms with E-state index < -0.39 is 6.04 Å². The van der Waals surface area contributed by atoms with Gasteiger partial charge in [-0.2, -0.15) is 0 Å². The van der Waals surface area contributed by atoms with Crippen LogP contribution < -0.4 is 5.32 Å². The van der Waals surface area contributed by atoms with E-state index in [-0.39, 0.29) is 18.4 Å². The highest BCUT2D eigenvalue weighted by Gasteiger charge is 2.28. The van der Waals surface area contributed by atoms with E-state index in [9.17, 15) is 9.59 Å². The van der Waals surface area contributed by atoms with E-state index in [0.29, 0.717) is 19.8 Å². The highest BCUT2D eigenvalue weighted by molar-refractivity contribution is 5.94. The van der Waals surface area contributed by atoms with Crippen LogP contribution in [-0.2, 0) is 14.3 Å². The fourth-order valence-electron chi connectivity index (χ4n) is 1.48. The molecule has 5 heteroatoms. The maximum atomic E-state index is 11.6. The summed E-state index contributed by atoms with van der Waals surface area (Å²) in [5, 5.41) is 2.59. The van der Waals surface area contributed by atoms with E-state index in [0.717, 1.165) is 6.42 Å². The summed E-state index contributed by atoms with van der Waals surface area (Å²) < 4.78 is 5.28. The van der Waals surface area contributed by atoms with Gasteiger partial charge in [-0.25, -0.2) is 0 Å². The molecule has 1 atom stereocenters. The molecule has 0 aromatic carbocycles.